The molecule has 0 saturated carbocycles. The Morgan fingerprint density at radius 3 is 2.53 bits per heavy atom. The van der Waals surface area contributed by atoms with Crippen molar-refractivity contribution >= 4 is 27.1 Å². The fourth-order valence-corrected chi connectivity index (χ4v) is 6.81. The Kier molecular flexibility index (Phi) is 7.67. The molecule has 1 aliphatic rings. The molecule has 1 fully saturated rings. The number of nitrogens with one attached hydrogen (secondary N) is 1. The molecule has 2 N–H and O–H groups in total. The summed E-state index contributed by atoms with van der Waals surface area (Å²) in [5.74, 6) is -0.377. The van der Waals surface area contributed by atoms with Gasteiger partial charge in [0.15, 0.2) is 14.6 Å². The predicted molar refractivity (Wildman–Crippen MR) is 130 cm³/mol. The average Bonchev–Trinajstić information content (AvgIpc) is 3.42. The van der Waals surface area contributed by atoms with Crippen molar-refractivity contribution in [1.29, 1.82) is 0 Å². The zero-order valence-corrected chi connectivity index (χ0v) is 20.2. The summed E-state index contributed by atoms with van der Waals surface area (Å²) < 4.78 is 35.9. The lowest BCUT2D eigenvalue weighted by molar-refractivity contribution is -0.134. The number of rotatable bonds is 9. The second-order valence-electron chi connectivity index (χ2n) is 8.15. The molecule has 0 radical (unpaired) electrons. The van der Waals surface area contributed by atoms with E-state index in [4.69, 9.17) is 14.7 Å². The van der Waals surface area contributed by atoms with E-state index in [1.54, 1.807) is 23.5 Å². The molecule has 7 nitrogen and oxygen atoms in total. The molecule has 3 aromatic rings. The van der Waals surface area contributed by atoms with Gasteiger partial charge in [-0.2, -0.15) is 0 Å². The molecule has 1 amide bonds. The Bertz CT molecular complexity index is 1200. The smallest absolute Gasteiger partial charge is 0.265 e. The van der Waals surface area contributed by atoms with E-state index in [1.807, 2.05) is 6.07 Å². The van der Waals surface area contributed by atoms with Crippen molar-refractivity contribution in [1.82, 2.24) is 5.48 Å². The van der Waals surface area contributed by atoms with Crippen LogP contribution in [0.5, 0.6) is 5.75 Å². The number of ether oxygens (including phenoxy) is 2. The highest BCUT2D eigenvalue weighted by atomic mass is 32.2. The molecule has 34 heavy (non-hydrogen) atoms. The first-order valence-electron chi connectivity index (χ1n) is 11.1. The molecule has 180 valence electrons. The minimum atomic E-state index is -4.04. The van der Waals surface area contributed by atoms with E-state index in [-0.39, 0.29) is 31.0 Å². The van der Waals surface area contributed by atoms with Gasteiger partial charge in [0, 0.05) is 18.1 Å². The van der Waals surface area contributed by atoms with Crippen LogP contribution >= 0.6 is 11.3 Å². The van der Waals surface area contributed by atoms with Crippen LogP contribution < -0.4 is 10.2 Å². The highest BCUT2D eigenvalue weighted by molar-refractivity contribution is 7.93. The molecule has 0 atom stereocenters. The van der Waals surface area contributed by atoms with Gasteiger partial charge >= 0.3 is 0 Å². The third kappa shape index (κ3) is 5.02. The molecule has 1 aromatic heterocycles. The number of sulfone groups is 1. The number of aryl methyl sites for hydroxylation is 1. The van der Waals surface area contributed by atoms with Gasteiger partial charge in [-0.1, -0.05) is 30.3 Å². The summed E-state index contributed by atoms with van der Waals surface area (Å²) >= 11 is 1.72. The molecule has 0 aliphatic carbocycles. The summed E-state index contributed by atoms with van der Waals surface area (Å²) in [4.78, 5) is 13.6. The van der Waals surface area contributed by atoms with Crippen molar-refractivity contribution in [3.8, 4) is 16.2 Å². The quantitative estimate of drug-likeness (QED) is 0.258. The Hall–Kier alpha value is -2.72. The molecule has 0 bridgehead atoms. The van der Waals surface area contributed by atoms with Crippen LogP contribution in [-0.2, 0) is 25.8 Å². The van der Waals surface area contributed by atoms with Crippen LogP contribution in [-0.4, -0.2) is 44.1 Å². The van der Waals surface area contributed by atoms with Crippen LogP contribution in [0.2, 0.25) is 0 Å². The predicted octanol–water partition coefficient (Wildman–Crippen LogP) is 4.26. The van der Waals surface area contributed by atoms with Gasteiger partial charge in [-0.3, -0.25) is 10.0 Å². The molecule has 2 aromatic carbocycles. The second-order valence-corrected chi connectivity index (χ2v) is 11.4. The number of carbonyl (C=O) groups excluding carboxylic acids is 1. The van der Waals surface area contributed by atoms with Crippen LogP contribution in [0.3, 0.4) is 0 Å². The maximum absolute atomic E-state index is 13.3. The maximum Gasteiger partial charge on any atom is 0.265 e. The SMILES string of the molecule is O=C(NO)C1(S(=O)(=O)c2ccc(OCCCc3cccc(-c4cccs4)c3)cc2)CCOCC1. The van der Waals surface area contributed by atoms with Crippen molar-refractivity contribution < 1.29 is 27.9 Å². The van der Waals surface area contributed by atoms with Gasteiger partial charge in [0.1, 0.15) is 5.75 Å². The summed E-state index contributed by atoms with van der Waals surface area (Å²) in [6.07, 6.45) is 1.64. The Morgan fingerprint density at radius 2 is 1.85 bits per heavy atom. The van der Waals surface area contributed by atoms with Gasteiger partial charge in [-0.05, 0) is 72.5 Å². The van der Waals surface area contributed by atoms with Gasteiger partial charge in [-0.25, -0.2) is 13.9 Å². The first-order chi connectivity index (χ1) is 16.5. The molecule has 4 rings (SSSR count). The molecular weight excluding hydrogens is 474 g/mol. The summed E-state index contributed by atoms with van der Waals surface area (Å²) in [6.45, 7) is 0.748. The summed E-state index contributed by atoms with van der Waals surface area (Å²) in [5.41, 5.74) is 3.97. The van der Waals surface area contributed by atoms with E-state index in [0.29, 0.717) is 12.4 Å². The molecular formula is C25H27NO6S2. The fraction of sp³-hybridized carbons (Fsp3) is 0.320. The highest BCUT2D eigenvalue weighted by Crippen LogP contribution is 2.35. The Balaban J connectivity index is 1.36. The van der Waals surface area contributed by atoms with Gasteiger partial charge in [0.05, 0.1) is 11.5 Å². The summed E-state index contributed by atoms with van der Waals surface area (Å²) in [5, 5.41) is 11.2. The van der Waals surface area contributed by atoms with E-state index in [1.165, 1.54) is 33.6 Å². The number of amides is 1. The van der Waals surface area contributed by atoms with Gasteiger partial charge in [0.2, 0.25) is 0 Å². The number of hydroxylamine groups is 1. The maximum atomic E-state index is 13.3. The van der Waals surface area contributed by atoms with Crippen molar-refractivity contribution in [2.75, 3.05) is 19.8 Å². The van der Waals surface area contributed by atoms with Crippen LogP contribution in [0.4, 0.5) is 0 Å². The van der Waals surface area contributed by atoms with Crippen molar-refractivity contribution in [3.05, 3.63) is 71.6 Å². The monoisotopic (exact) mass is 501 g/mol. The standard InChI is InChI=1S/C25H27NO6S2/c27-24(26-28)25(12-15-31-16-13-25)34(29,30)22-10-8-21(9-11-22)32-14-2-5-19-4-1-6-20(18-19)23-7-3-17-33-23/h1,3-4,6-11,17-18,28H,2,5,12-16H2,(H,26,27). The van der Waals surface area contributed by atoms with E-state index in [2.05, 4.69) is 35.7 Å². The third-order valence-electron chi connectivity index (χ3n) is 6.08. The van der Waals surface area contributed by atoms with E-state index in [0.717, 1.165) is 12.8 Å². The number of hydrogen-bond donors (Lipinski definition) is 2. The molecule has 1 saturated heterocycles. The van der Waals surface area contributed by atoms with Crippen molar-refractivity contribution in [3.63, 3.8) is 0 Å². The topological polar surface area (TPSA) is 102 Å². The van der Waals surface area contributed by atoms with Gasteiger partial charge in [0.25, 0.3) is 5.91 Å². The van der Waals surface area contributed by atoms with Crippen LogP contribution in [0, 0.1) is 0 Å². The largest absolute Gasteiger partial charge is 0.494 e. The first kappa shape index (κ1) is 24.4. The van der Waals surface area contributed by atoms with E-state index < -0.39 is 20.5 Å². The fourth-order valence-electron chi connectivity index (χ4n) is 4.15. The minimum Gasteiger partial charge on any atom is -0.494 e. The van der Waals surface area contributed by atoms with Gasteiger partial charge in [-0.15, -0.1) is 11.3 Å². The average molecular weight is 502 g/mol. The molecule has 2 heterocycles. The Labute approximate surface area is 203 Å². The lowest BCUT2D eigenvalue weighted by Gasteiger charge is -2.34. The second kappa shape index (κ2) is 10.7. The molecule has 1 aliphatic heterocycles. The number of hydrogen-bond acceptors (Lipinski definition) is 7. The summed E-state index contributed by atoms with van der Waals surface area (Å²) in [7, 11) is -4.04. The van der Waals surface area contributed by atoms with Crippen LogP contribution in [0.25, 0.3) is 10.4 Å². The third-order valence-corrected chi connectivity index (χ3v) is 9.51. The molecule has 9 heteroatoms. The normalized spacial score (nSPS) is 15.6. The number of carbonyl (C=O) groups is 1. The number of benzene rings is 2. The first-order valence-corrected chi connectivity index (χ1v) is 13.5. The summed E-state index contributed by atoms with van der Waals surface area (Å²) in [6, 6.07) is 18.7. The van der Waals surface area contributed by atoms with Crippen LogP contribution in [0.1, 0.15) is 24.8 Å². The van der Waals surface area contributed by atoms with E-state index in [9.17, 15) is 13.2 Å². The lowest BCUT2D eigenvalue weighted by Crippen LogP contribution is -2.54. The minimum absolute atomic E-state index is 0.00995. The lowest BCUT2D eigenvalue weighted by atomic mass is 9.98. The van der Waals surface area contributed by atoms with Crippen molar-refractivity contribution in [2.45, 2.75) is 35.3 Å². The molecule has 0 spiro atoms. The number of thiophene rings is 1. The van der Waals surface area contributed by atoms with Gasteiger partial charge < -0.3 is 9.47 Å². The zero-order chi connectivity index (χ0) is 24.0. The highest BCUT2D eigenvalue weighted by Gasteiger charge is 2.52. The van der Waals surface area contributed by atoms with Crippen molar-refractivity contribution in [2.24, 2.45) is 0 Å². The zero-order valence-electron chi connectivity index (χ0n) is 18.6. The van der Waals surface area contributed by atoms with Crippen LogP contribution in [0.15, 0.2) is 70.9 Å². The molecule has 0 unspecified atom stereocenters. The van der Waals surface area contributed by atoms with E-state index >= 15 is 0 Å². The Morgan fingerprint density at radius 1 is 1.09 bits per heavy atom.